The van der Waals surface area contributed by atoms with Crippen LogP contribution >= 0.6 is 11.3 Å². The lowest BCUT2D eigenvalue weighted by molar-refractivity contribution is 0.0605. The van der Waals surface area contributed by atoms with Gasteiger partial charge in [-0.3, -0.25) is 0 Å². The number of fused-ring (bicyclic) bond motifs is 1. The largest absolute Gasteiger partial charge is 0.465 e. The summed E-state index contributed by atoms with van der Waals surface area (Å²) in [6.07, 6.45) is 1.80. The van der Waals surface area contributed by atoms with E-state index in [4.69, 9.17) is 10.5 Å². The third-order valence-corrected chi connectivity index (χ3v) is 5.21. The fourth-order valence-corrected chi connectivity index (χ4v) is 3.91. The van der Waals surface area contributed by atoms with Crippen LogP contribution in [0.3, 0.4) is 0 Å². The molecule has 1 saturated carbocycles. The third-order valence-electron chi connectivity index (χ3n) is 4.07. The van der Waals surface area contributed by atoms with Gasteiger partial charge in [0.15, 0.2) is 5.13 Å². The molecule has 3 rings (SSSR count). The van der Waals surface area contributed by atoms with Crippen LogP contribution < -0.4 is 10.6 Å². The van der Waals surface area contributed by atoms with Crippen LogP contribution in [0.2, 0.25) is 0 Å². The maximum atomic E-state index is 11.8. The predicted molar refractivity (Wildman–Crippen MR) is 74.6 cm³/mol. The molecule has 0 unspecified atom stereocenters. The van der Waals surface area contributed by atoms with Crippen LogP contribution in [0.5, 0.6) is 0 Å². The fourth-order valence-electron chi connectivity index (χ4n) is 2.86. The van der Waals surface area contributed by atoms with Crippen LogP contribution in [0, 0.1) is 11.8 Å². The summed E-state index contributed by atoms with van der Waals surface area (Å²) < 4.78 is 4.84. The van der Waals surface area contributed by atoms with Crippen molar-refractivity contribution in [3.8, 4) is 0 Å². The predicted octanol–water partition coefficient (Wildman–Crippen LogP) is 1.28. The molecule has 0 amide bonds. The van der Waals surface area contributed by atoms with Crippen molar-refractivity contribution in [2.75, 3.05) is 25.1 Å². The number of hydrogen-bond acceptors (Lipinski definition) is 6. The number of piperidine rings is 1. The molecular weight excluding hydrogens is 262 g/mol. The molecule has 6 heteroatoms. The average Bonchev–Trinajstić information content (AvgIpc) is 2.84. The van der Waals surface area contributed by atoms with Crippen LogP contribution in [0.15, 0.2) is 0 Å². The minimum atomic E-state index is -0.270. The van der Waals surface area contributed by atoms with E-state index in [-0.39, 0.29) is 5.97 Å². The average molecular weight is 281 g/mol. The van der Waals surface area contributed by atoms with Gasteiger partial charge in [-0.05, 0) is 18.3 Å². The number of aromatic nitrogens is 1. The number of anilines is 1. The Morgan fingerprint density at radius 3 is 2.79 bits per heavy atom. The Morgan fingerprint density at radius 1 is 1.53 bits per heavy atom. The first-order valence-corrected chi connectivity index (χ1v) is 7.56. The summed E-state index contributed by atoms with van der Waals surface area (Å²) in [5, 5.41) is 0.947. The molecule has 2 heterocycles. The molecule has 1 aromatic rings. The number of nitrogens with zero attached hydrogens (tertiary/aromatic N) is 2. The van der Waals surface area contributed by atoms with E-state index in [1.54, 1.807) is 0 Å². The number of aryl methyl sites for hydroxylation is 1. The molecule has 2 N–H and O–H groups in total. The zero-order valence-corrected chi connectivity index (χ0v) is 12.1. The van der Waals surface area contributed by atoms with E-state index in [1.807, 2.05) is 0 Å². The van der Waals surface area contributed by atoms with E-state index in [2.05, 4.69) is 16.8 Å². The van der Waals surface area contributed by atoms with Gasteiger partial charge < -0.3 is 15.4 Å². The summed E-state index contributed by atoms with van der Waals surface area (Å²) in [6.45, 7) is 4.04. The Bertz CT molecular complexity index is 490. The second-order valence-corrected chi connectivity index (χ2v) is 6.30. The first-order chi connectivity index (χ1) is 9.15. The monoisotopic (exact) mass is 281 g/mol. The van der Waals surface area contributed by atoms with Crippen molar-refractivity contribution in [3.63, 3.8) is 0 Å². The number of methoxy groups -OCH3 is 1. The number of rotatable bonds is 4. The summed E-state index contributed by atoms with van der Waals surface area (Å²) in [7, 11) is 1.42. The van der Waals surface area contributed by atoms with E-state index in [9.17, 15) is 4.79 Å². The summed E-state index contributed by atoms with van der Waals surface area (Å²) in [4.78, 5) is 19.3. The molecule has 1 saturated heterocycles. The molecule has 0 spiro atoms. The first-order valence-electron chi connectivity index (χ1n) is 6.74. The molecular formula is C13H19N3O2S. The van der Waals surface area contributed by atoms with E-state index in [1.165, 1.54) is 18.4 Å². The Hall–Kier alpha value is -1.14. The van der Waals surface area contributed by atoms with Gasteiger partial charge in [-0.2, -0.15) is 0 Å². The highest BCUT2D eigenvalue weighted by molar-refractivity contribution is 7.17. The number of carbonyl (C=O) groups excluding carboxylic acids is 1. The third kappa shape index (κ3) is 2.12. The highest BCUT2D eigenvalue weighted by Crippen LogP contribution is 2.46. The lowest BCUT2D eigenvalue weighted by Gasteiger charge is -2.17. The highest BCUT2D eigenvalue weighted by Gasteiger charge is 2.54. The smallest absolute Gasteiger partial charge is 0.350 e. The summed E-state index contributed by atoms with van der Waals surface area (Å²) in [6, 6.07) is 0.381. The molecule has 1 aliphatic heterocycles. The summed E-state index contributed by atoms with van der Waals surface area (Å²) in [5.74, 6) is 0.980. The van der Waals surface area contributed by atoms with Gasteiger partial charge in [0.1, 0.15) is 4.88 Å². The van der Waals surface area contributed by atoms with Gasteiger partial charge in [0.25, 0.3) is 0 Å². The molecule has 2 fully saturated rings. The fraction of sp³-hybridized carbons (Fsp3) is 0.692. The Kier molecular flexibility index (Phi) is 3.22. The molecule has 2 aliphatic rings. The van der Waals surface area contributed by atoms with Crippen molar-refractivity contribution in [2.45, 2.75) is 25.8 Å². The van der Waals surface area contributed by atoms with Crippen molar-refractivity contribution in [2.24, 2.45) is 17.6 Å². The Balaban J connectivity index is 1.81. The quantitative estimate of drug-likeness (QED) is 0.842. The molecule has 5 nitrogen and oxygen atoms in total. The van der Waals surface area contributed by atoms with Crippen molar-refractivity contribution >= 4 is 22.4 Å². The van der Waals surface area contributed by atoms with Crippen LogP contribution in [0.25, 0.3) is 0 Å². The highest BCUT2D eigenvalue weighted by atomic mass is 32.1. The number of hydrogen-bond donors (Lipinski definition) is 1. The SMILES string of the molecule is CCCc1nc(N2C[C@@H]3[C@@H](N)[C@@H]3C2)sc1C(=O)OC. The van der Waals surface area contributed by atoms with Crippen LogP contribution in [-0.2, 0) is 11.2 Å². The molecule has 1 aliphatic carbocycles. The van der Waals surface area contributed by atoms with Gasteiger partial charge in [0.05, 0.1) is 12.8 Å². The molecule has 3 atom stereocenters. The van der Waals surface area contributed by atoms with Gasteiger partial charge >= 0.3 is 5.97 Å². The number of thiazole rings is 1. The van der Waals surface area contributed by atoms with Crippen LogP contribution in [0.4, 0.5) is 5.13 Å². The van der Waals surface area contributed by atoms with Crippen molar-refractivity contribution < 1.29 is 9.53 Å². The molecule has 0 aromatic carbocycles. The lowest BCUT2D eigenvalue weighted by Crippen LogP contribution is -2.27. The van der Waals surface area contributed by atoms with Crippen molar-refractivity contribution in [3.05, 3.63) is 10.6 Å². The number of esters is 1. The topological polar surface area (TPSA) is 68.5 Å². The molecule has 0 bridgehead atoms. The Labute approximate surface area is 116 Å². The summed E-state index contributed by atoms with van der Waals surface area (Å²) in [5.41, 5.74) is 6.82. The van der Waals surface area contributed by atoms with Gasteiger partial charge in [0.2, 0.25) is 0 Å². The van der Waals surface area contributed by atoms with Crippen molar-refractivity contribution in [1.82, 2.24) is 4.98 Å². The maximum absolute atomic E-state index is 11.8. The molecule has 1 aromatic heterocycles. The van der Waals surface area contributed by atoms with E-state index in [0.717, 1.165) is 36.8 Å². The van der Waals surface area contributed by atoms with E-state index >= 15 is 0 Å². The van der Waals surface area contributed by atoms with Crippen molar-refractivity contribution in [1.29, 1.82) is 0 Å². The van der Waals surface area contributed by atoms with Gasteiger partial charge in [0, 0.05) is 19.1 Å². The van der Waals surface area contributed by atoms with E-state index < -0.39 is 0 Å². The normalized spacial score (nSPS) is 28.4. The van der Waals surface area contributed by atoms with Crippen LogP contribution in [-0.4, -0.2) is 37.2 Å². The minimum Gasteiger partial charge on any atom is -0.465 e. The number of carbonyl (C=O) groups is 1. The molecule has 19 heavy (non-hydrogen) atoms. The standard InChI is InChI=1S/C13H19N3O2S/c1-3-4-9-11(12(17)18-2)19-13(15-9)16-5-7-8(6-16)10(7)14/h7-8,10H,3-6,14H2,1-2H3/t7-,8+,10+. The maximum Gasteiger partial charge on any atom is 0.350 e. The second kappa shape index (κ2) is 4.76. The first kappa shape index (κ1) is 12.9. The Morgan fingerprint density at radius 2 is 2.21 bits per heavy atom. The zero-order valence-electron chi connectivity index (χ0n) is 11.3. The number of nitrogens with two attached hydrogens (primary N) is 1. The van der Waals surface area contributed by atoms with E-state index in [0.29, 0.717) is 22.8 Å². The summed E-state index contributed by atoms with van der Waals surface area (Å²) >= 11 is 1.45. The van der Waals surface area contributed by atoms with Gasteiger partial charge in [-0.25, -0.2) is 9.78 Å². The zero-order chi connectivity index (χ0) is 13.6. The van der Waals surface area contributed by atoms with Crippen LogP contribution in [0.1, 0.15) is 28.7 Å². The minimum absolute atomic E-state index is 0.270. The second-order valence-electron chi connectivity index (χ2n) is 5.32. The lowest BCUT2D eigenvalue weighted by atomic mass is 10.2. The molecule has 104 valence electrons. The van der Waals surface area contributed by atoms with Gasteiger partial charge in [-0.1, -0.05) is 24.7 Å². The molecule has 0 radical (unpaired) electrons. The van der Waals surface area contributed by atoms with Gasteiger partial charge in [-0.15, -0.1) is 0 Å². The number of ether oxygens (including phenoxy) is 1.